The Labute approximate surface area is 87.4 Å². The molecule has 0 aliphatic heterocycles. The van der Waals surface area contributed by atoms with E-state index in [2.05, 4.69) is 29.4 Å². The lowest BCUT2D eigenvalue weighted by atomic mass is 9.65. The molecule has 78 valence electrons. The SMILES string of the molecule is Cc1nnc(NC2CC(O)C2(C)C)s1. The first-order valence-corrected chi connectivity index (χ1v) is 5.56. The molecule has 4 nitrogen and oxygen atoms in total. The Bertz CT molecular complexity index is 337. The van der Waals surface area contributed by atoms with Gasteiger partial charge in [0.2, 0.25) is 5.13 Å². The topological polar surface area (TPSA) is 58.0 Å². The second kappa shape index (κ2) is 3.17. The molecule has 1 aromatic heterocycles. The van der Waals surface area contributed by atoms with Gasteiger partial charge in [0.1, 0.15) is 5.01 Å². The maximum Gasteiger partial charge on any atom is 0.205 e. The Morgan fingerprint density at radius 3 is 2.64 bits per heavy atom. The highest BCUT2D eigenvalue weighted by Gasteiger charge is 2.47. The second-order valence-electron chi connectivity index (χ2n) is 4.40. The van der Waals surface area contributed by atoms with Crippen molar-refractivity contribution >= 4 is 16.5 Å². The van der Waals surface area contributed by atoms with E-state index >= 15 is 0 Å². The van der Waals surface area contributed by atoms with E-state index in [1.807, 2.05) is 6.92 Å². The van der Waals surface area contributed by atoms with Crippen LogP contribution in [0, 0.1) is 12.3 Å². The number of nitrogens with zero attached hydrogens (tertiary/aromatic N) is 2. The van der Waals surface area contributed by atoms with Crippen LogP contribution in [0.2, 0.25) is 0 Å². The van der Waals surface area contributed by atoms with Gasteiger partial charge in [-0.3, -0.25) is 0 Å². The van der Waals surface area contributed by atoms with Crippen molar-refractivity contribution in [3.63, 3.8) is 0 Å². The highest BCUT2D eigenvalue weighted by molar-refractivity contribution is 7.15. The number of hydrogen-bond acceptors (Lipinski definition) is 5. The third kappa shape index (κ3) is 1.50. The molecule has 2 rings (SSSR count). The van der Waals surface area contributed by atoms with Gasteiger partial charge in [-0.15, -0.1) is 10.2 Å². The molecule has 1 aliphatic rings. The Morgan fingerprint density at radius 1 is 1.50 bits per heavy atom. The van der Waals surface area contributed by atoms with Crippen LogP contribution in [0.25, 0.3) is 0 Å². The largest absolute Gasteiger partial charge is 0.392 e. The van der Waals surface area contributed by atoms with E-state index in [4.69, 9.17) is 0 Å². The molecule has 0 saturated heterocycles. The predicted octanol–water partition coefficient (Wildman–Crippen LogP) is 1.42. The average Bonchev–Trinajstić information content (AvgIpc) is 2.51. The summed E-state index contributed by atoms with van der Waals surface area (Å²) in [5.74, 6) is 0. The van der Waals surface area contributed by atoms with Gasteiger partial charge in [0.05, 0.1) is 6.10 Å². The van der Waals surface area contributed by atoms with Gasteiger partial charge in [-0.1, -0.05) is 25.2 Å². The Balaban J connectivity index is 2.00. The standard InChI is InChI=1S/C9H15N3OS/c1-5-11-12-8(14-5)10-6-4-7(13)9(6,2)3/h6-7,13H,4H2,1-3H3,(H,10,12). The van der Waals surface area contributed by atoms with Crippen molar-refractivity contribution in [1.82, 2.24) is 10.2 Å². The third-order valence-electron chi connectivity index (χ3n) is 3.04. The molecule has 2 N–H and O–H groups in total. The van der Waals surface area contributed by atoms with Crippen molar-refractivity contribution in [1.29, 1.82) is 0 Å². The first-order valence-electron chi connectivity index (χ1n) is 4.75. The second-order valence-corrected chi connectivity index (χ2v) is 5.58. The summed E-state index contributed by atoms with van der Waals surface area (Å²) >= 11 is 1.55. The van der Waals surface area contributed by atoms with E-state index < -0.39 is 0 Å². The third-order valence-corrected chi connectivity index (χ3v) is 3.81. The summed E-state index contributed by atoms with van der Waals surface area (Å²) in [4.78, 5) is 0. The van der Waals surface area contributed by atoms with Crippen molar-refractivity contribution in [3.8, 4) is 0 Å². The van der Waals surface area contributed by atoms with Gasteiger partial charge in [0.15, 0.2) is 0 Å². The van der Waals surface area contributed by atoms with Crippen LogP contribution in [-0.2, 0) is 0 Å². The van der Waals surface area contributed by atoms with Crippen LogP contribution in [0.3, 0.4) is 0 Å². The number of aliphatic hydroxyl groups is 1. The fourth-order valence-corrected chi connectivity index (χ4v) is 2.30. The minimum absolute atomic E-state index is 0.0560. The smallest absolute Gasteiger partial charge is 0.205 e. The van der Waals surface area contributed by atoms with Crippen LogP contribution in [0.1, 0.15) is 25.3 Å². The van der Waals surface area contributed by atoms with Crippen LogP contribution in [0.15, 0.2) is 0 Å². The van der Waals surface area contributed by atoms with Gasteiger partial charge in [0.25, 0.3) is 0 Å². The van der Waals surface area contributed by atoms with Gasteiger partial charge >= 0.3 is 0 Å². The summed E-state index contributed by atoms with van der Waals surface area (Å²) in [6.45, 7) is 6.06. The summed E-state index contributed by atoms with van der Waals surface area (Å²) in [5, 5.41) is 22.6. The summed E-state index contributed by atoms with van der Waals surface area (Å²) in [7, 11) is 0. The zero-order valence-corrected chi connectivity index (χ0v) is 9.43. The van der Waals surface area contributed by atoms with E-state index in [9.17, 15) is 5.11 Å². The lowest BCUT2D eigenvalue weighted by Crippen LogP contribution is -2.56. The summed E-state index contributed by atoms with van der Waals surface area (Å²) in [6, 6.07) is 0.310. The molecule has 1 aliphatic carbocycles. The number of aliphatic hydroxyl groups excluding tert-OH is 1. The van der Waals surface area contributed by atoms with E-state index in [1.165, 1.54) is 0 Å². The van der Waals surface area contributed by atoms with Gasteiger partial charge < -0.3 is 10.4 Å². The van der Waals surface area contributed by atoms with Crippen molar-refractivity contribution < 1.29 is 5.11 Å². The lowest BCUT2D eigenvalue weighted by Gasteiger charge is -2.49. The molecule has 2 unspecified atom stereocenters. The first-order chi connectivity index (χ1) is 6.50. The maximum atomic E-state index is 9.56. The number of anilines is 1. The molecular weight excluding hydrogens is 198 g/mol. The highest BCUT2D eigenvalue weighted by Crippen LogP contribution is 2.42. The normalized spacial score (nSPS) is 29.7. The zero-order chi connectivity index (χ0) is 10.3. The molecule has 1 aromatic rings. The molecule has 1 heterocycles. The van der Waals surface area contributed by atoms with Crippen molar-refractivity contribution in [3.05, 3.63) is 5.01 Å². The minimum Gasteiger partial charge on any atom is -0.392 e. The van der Waals surface area contributed by atoms with Crippen LogP contribution in [-0.4, -0.2) is 27.4 Å². The highest BCUT2D eigenvalue weighted by atomic mass is 32.1. The first kappa shape index (κ1) is 9.86. The van der Waals surface area contributed by atoms with E-state index in [1.54, 1.807) is 11.3 Å². The predicted molar refractivity (Wildman–Crippen MR) is 56.5 cm³/mol. The molecule has 1 saturated carbocycles. The van der Waals surface area contributed by atoms with Crippen molar-refractivity contribution in [2.45, 2.75) is 39.3 Å². The molecule has 1 fully saturated rings. The fraction of sp³-hybridized carbons (Fsp3) is 0.778. The minimum atomic E-state index is -0.200. The Morgan fingerprint density at radius 2 is 2.21 bits per heavy atom. The van der Waals surface area contributed by atoms with Gasteiger partial charge in [-0.25, -0.2) is 0 Å². The number of nitrogens with one attached hydrogen (secondary N) is 1. The Kier molecular flexibility index (Phi) is 2.23. The van der Waals surface area contributed by atoms with Crippen LogP contribution in [0.4, 0.5) is 5.13 Å². The Hall–Kier alpha value is -0.680. The molecule has 14 heavy (non-hydrogen) atoms. The van der Waals surface area contributed by atoms with Gasteiger partial charge in [-0.05, 0) is 13.3 Å². The van der Waals surface area contributed by atoms with E-state index in [-0.39, 0.29) is 11.5 Å². The molecule has 0 spiro atoms. The van der Waals surface area contributed by atoms with Gasteiger partial charge in [0, 0.05) is 11.5 Å². The summed E-state index contributed by atoms with van der Waals surface area (Å²) in [5.41, 5.74) is -0.0560. The zero-order valence-electron chi connectivity index (χ0n) is 8.61. The van der Waals surface area contributed by atoms with Crippen molar-refractivity contribution in [2.24, 2.45) is 5.41 Å². The summed E-state index contributed by atoms with van der Waals surface area (Å²) in [6.07, 6.45) is 0.597. The number of rotatable bonds is 2. The maximum absolute atomic E-state index is 9.56. The average molecular weight is 213 g/mol. The number of aryl methyl sites for hydroxylation is 1. The monoisotopic (exact) mass is 213 g/mol. The molecule has 0 aromatic carbocycles. The van der Waals surface area contributed by atoms with Crippen LogP contribution >= 0.6 is 11.3 Å². The molecule has 5 heteroatoms. The van der Waals surface area contributed by atoms with Crippen molar-refractivity contribution in [2.75, 3.05) is 5.32 Å². The van der Waals surface area contributed by atoms with E-state index in [0.717, 1.165) is 16.6 Å². The number of hydrogen-bond donors (Lipinski definition) is 2. The summed E-state index contributed by atoms with van der Waals surface area (Å²) < 4.78 is 0. The quantitative estimate of drug-likeness (QED) is 0.780. The molecule has 2 atom stereocenters. The lowest BCUT2D eigenvalue weighted by molar-refractivity contribution is -0.0510. The van der Waals surface area contributed by atoms with Crippen LogP contribution < -0.4 is 5.32 Å². The number of aromatic nitrogens is 2. The van der Waals surface area contributed by atoms with Crippen LogP contribution in [0.5, 0.6) is 0 Å². The molecule has 0 bridgehead atoms. The molecule has 0 radical (unpaired) electrons. The molecular formula is C9H15N3OS. The fourth-order valence-electron chi connectivity index (χ4n) is 1.65. The molecule has 0 amide bonds. The van der Waals surface area contributed by atoms with Gasteiger partial charge in [-0.2, -0.15) is 0 Å². The van der Waals surface area contributed by atoms with E-state index in [0.29, 0.717) is 6.04 Å².